The fourth-order valence-electron chi connectivity index (χ4n) is 2.77. The van der Waals surface area contributed by atoms with Crippen LogP contribution in [-0.2, 0) is 20.7 Å². The van der Waals surface area contributed by atoms with E-state index in [0.717, 1.165) is 16.3 Å². The summed E-state index contributed by atoms with van der Waals surface area (Å²) < 4.78 is 10.4. The number of nitrogens with one attached hydrogen (secondary N) is 2. The van der Waals surface area contributed by atoms with Gasteiger partial charge in [0.2, 0.25) is 11.8 Å². The lowest BCUT2D eigenvalue weighted by Gasteiger charge is -2.08. The maximum Gasteiger partial charge on any atom is 0.250 e. The molecule has 3 aromatic rings. The first-order valence-corrected chi connectivity index (χ1v) is 10.3. The molecule has 0 saturated heterocycles. The van der Waals surface area contributed by atoms with E-state index in [1.807, 2.05) is 36.6 Å². The van der Waals surface area contributed by atoms with Gasteiger partial charge in [0.1, 0.15) is 17.4 Å². The number of ether oxygens (including phenoxy) is 2. The van der Waals surface area contributed by atoms with Crippen LogP contribution in [0.15, 0.2) is 53.9 Å². The summed E-state index contributed by atoms with van der Waals surface area (Å²) in [4.78, 5) is 28.5. The summed E-state index contributed by atoms with van der Waals surface area (Å²) in [6.07, 6.45) is 0.166. The minimum absolute atomic E-state index is 0.0108. The topological polar surface area (TPSA) is 89.5 Å². The van der Waals surface area contributed by atoms with Gasteiger partial charge in [-0.3, -0.25) is 9.59 Å². The third-order valence-electron chi connectivity index (χ3n) is 4.04. The van der Waals surface area contributed by atoms with Crippen molar-refractivity contribution in [3.05, 3.63) is 59.6 Å². The van der Waals surface area contributed by atoms with E-state index in [1.165, 1.54) is 18.4 Å². The zero-order valence-electron chi connectivity index (χ0n) is 16.8. The molecule has 156 valence electrons. The third kappa shape index (κ3) is 5.88. The highest BCUT2D eigenvalue weighted by Crippen LogP contribution is 2.32. The van der Waals surface area contributed by atoms with Crippen molar-refractivity contribution in [1.82, 2.24) is 4.98 Å². The molecule has 1 heterocycles. The first-order chi connectivity index (χ1) is 14.6. The average Bonchev–Trinajstić information content (AvgIpc) is 3.18. The number of nitrogens with zero attached hydrogens (tertiary/aromatic N) is 1. The van der Waals surface area contributed by atoms with Crippen LogP contribution in [0.3, 0.4) is 0 Å². The molecule has 2 aromatic carbocycles. The van der Waals surface area contributed by atoms with Crippen molar-refractivity contribution in [3.8, 4) is 16.3 Å². The molecule has 0 spiro atoms. The Morgan fingerprint density at radius 3 is 2.33 bits per heavy atom. The molecular formula is C22H23N3O4S. The Balaban J connectivity index is 1.59. The van der Waals surface area contributed by atoms with Crippen molar-refractivity contribution in [1.29, 1.82) is 0 Å². The second-order valence-corrected chi connectivity index (χ2v) is 7.21. The summed E-state index contributed by atoms with van der Waals surface area (Å²) in [6, 6.07) is 14.6. The van der Waals surface area contributed by atoms with Gasteiger partial charge >= 0.3 is 0 Å². The highest BCUT2D eigenvalue weighted by Gasteiger charge is 2.12. The number of benzene rings is 2. The number of hydrogen-bond donors (Lipinski definition) is 2. The molecule has 2 N–H and O–H groups in total. The second kappa shape index (κ2) is 10.5. The van der Waals surface area contributed by atoms with Gasteiger partial charge in [0.05, 0.1) is 24.3 Å². The number of anilines is 2. The minimum atomic E-state index is -0.237. The van der Waals surface area contributed by atoms with Crippen LogP contribution in [0.2, 0.25) is 0 Å². The Hall–Kier alpha value is -3.23. The molecule has 0 bridgehead atoms. The number of para-hydroxylation sites is 1. The molecule has 30 heavy (non-hydrogen) atoms. The Labute approximate surface area is 179 Å². The van der Waals surface area contributed by atoms with Gasteiger partial charge in [-0.05, 0) is 43.3 Å². The lowest BCUT2D eigenvalue weighted by Crippen LogP contribution is -2.17. The average molecular weight is 426 g/mol. The van der Waals surface area contributed by atoms with E-state index in [1.54, 1.807) is 24.3 Å². The number of carbonyl (C=O) groups is 2. The summed E-state index contributed by atoms with van der Waals surface area (Å²) in [5.74, 6) is 0.378. The molecule has 0 saturated carbocycles. The van der Waals surface area contributed by atoms with Crippen molar-refractivity contribution >= 4 is 34.5 Å². The maximum atomic E-state index is 12.4. The molecule has 0 radical (unpaired) electrons. The maximum absolute atomic E-state index is 12.4. The van der Waals surface area contributed by atoms with Crippen LogP contribution < -0.4 is 15.4 Å². The summed E-state index contributed by atoms with van der Waals surface area (Å²) >= 11 is 1.48. The van der Waals surface area contributed by atoms with Gasteiger partial charge < -0.3 is 20.1 Å². The molecule has 3 rings (SSSR count). The summed E-state index contributed by atoms with van der Waals surface area (Å²) in [5.41, 5.74) is 2.89. The van der Waals surface area contributed by atoms with Crippen LogP contribution in [-0.4, -0.2) is 37.1 Å². The van der Waals surface area contributed by atoms with E-state index >= 15 is 0 Å². The number of rotatable bonds is 9. The normalized spacial score (nSPS) is 10.5. The van der Waals surface area contributed by atoms with Crippen molar-refractivity contribution in [2.75, 3.05) is 31.0 Å². The first kappa shape index (κ1) is 21.5. The minimum Gasteiger partial charge on any atom is -0.493 e. The van der Waals surface area contributed by atoms with Crippen molar-refractivity contribution in [2.24, 2.45) is 0 Å². The zero-order valence-corrected chi connectivity index (χ0v) is 17.6. The molecule has 1 aromatic heterocycles. The van der Waals surface area contributed by atoms with Gasteiger partial charge in [0.15, 0.2) is 0 Å². The van der Waals surface area contributed by atoms with E-state index in [-0.39, 0.29) is 24.8 Å². The van der Waals surface area contributed by atoms with Crippen molar-refractivity contribution < 1.29 is 19.1 Å². The predicted octanol–water partition coefficient (Wildman–Crippen LogP) is 3.97. The first-order valence-electron chi connectivity index (χ1n) is 9.44. The molecule has 8 heteroatoms. The standard InChI is InChI=1S/C22H23N3O4S/c1-3-29-19-7-5-4-6-18(19)22-25-17(14-30-22)12-20(26)23-15-8-10-16(11-9-15)24-21(27)13-28-2/h4-11,14H,3,12-13H2,1-2H3,(H,23,26)(H,24,27). The van der Waals surface area contributed by atoms with Crippen LogP contribution in [0.5, 0.6) is 5.75 Å². The van der Waals surface area contributed by atoms with E-state index in [2.05, 4.69) is 15.6 Å². The Kier molecular flexibility index (Phi) is 7.53. The number of amides is 2. The fourth-order valence-corrected chi connectivity index (χ4v) is 3.62. The molecule has 0 fully saturated rings. The SMILES string of the molecule is CCOc1ccccc1-c1nc(CC(=O)Nc2ccc(NC(=O)COC)cc2)cs1. The van der Waals surface area contributed by atoms with Gasteiger partial charge in [-0.15, -0.1) is 11.3 Å². The highest BCUT2D eigenvalue weighted by atomic mass is 32.1. The van der Waals surface area contributed by atoms with Crippen LogP contribution >= 0.6 is 11.3 Å². The predicted molar refractivity (Wildman–Crippen MR) is 118 cm³/mol. The summed E-state index contributed by atoms with van der Waals surface area (Å²) in [5, 5.41) is 8.24. The van der Waals surface area contributed by atoms with Crippen LogP contribution in [0, 0.1) is 0 Å². The highest BCUT2D eigenvalue weighted by molar-refractivity contribution is 7.13. The Morgan fingerprint density at radius 2 is 1.67 bits per heavy atom. The number of carbonyl (C=O) groups excluding carboxylic acids is 2. The Bertz CT molecular complexity index is 1000. The van der Waals surface area contributed by atoms with Crippen LogP contribution in [0.1, 0.15) is 12.6 Å². The fraction of sp³-hybridized carbons (Fsp3) is 0.227. The molecular weight excluding hydrogens is 402 g/mol. The lowest BCUT2D eigenvalue weighted by molar-refractivity contribution is -0.119. The molecule has 0 unspecified atom stereocenters. The van der Waals surface area contributed by atoms with E-state index in [9.17, 15) is 9.59 Å². The van der Waals surface area contributed by atoms with Gasteiger partial charge in [0, 0.05) is 23.9 Å². The van der Waals surface area contributed by atoms with Gasteiger partial charge in [0.25, 0.3) is 0 Å². The van der Waals surface area contributed by atoms with Gasteiger partial charge in [-0.1, -0.05) is 12.1 Å². The third-order valence-corrected chi connectivity index (χ3v) is 4.96. The molecule has 7 nitrogen and oxygen atoms in total. The molecule has 0 aliphatic rings. The number of thiazole rings is 1. The number of aromatic nitrogens is 1. The quantitative estimate of drug-likeness (QED) is 0.541. The van der Waals surface area contributed by atoms with Gasteiger partial charge in [-0.2, -0.15) is 0 Å². The molecule has 0 aliphatic carbocycles. The van der Waals surface area contributed by atoms with Crippen LogP contribution in [0.25, 0.3) is 10.6 Å². The Morgan fingerprint density at radius 1 is 1.00 bits per heavy atom. The summed E-state index contributed by atoms with van der Waals surface area (Å²) in [6.45, 7) is 2.50. The van der Waals surface area contributed by atoms with Crippen LogP contribution in [0.4, 0.5) is 11.4 Å². The van der Waals surface area contributed by atoms with E-state index < -0.39 is 0 Å². The molecule has 0 aliphatic heterocycles. The lowest BCUT2D eigenvalue weighted by atomic mass is 10.2. The van der Waals surface area contributed by atoms with Crippen molar-refractivity contribution in [3.63, 3.8) is 0 Å². The zero-order chi connectivity index (χ0) is 21.3. The number of methoxy groups -OCH3 is 1. The van der Waals surface area contributed by atoms with Crippen molar-refractivity contribution in [2.45, 2.75) is 13.3 Å². The summed E-state index contributed by atoms with van der Waals surface area (Å²) in [7, 11) is 1.46. The smallest absolute Gasteiger partial charge is 0.250 e. The molecule has 0 atom stereocenters. The number of hydrogen-bond acceptors (Lipinski definition) is 6. The van der Waals surface area contributed by atoms with E-state index in [0.29, 0.717) is 23.7 Å². The largest absolute Gasteiger partial charge is 0.493 e. The van der Waals surface area contributed by atoms with E-state index in [4.69, 9.17) is 9.47 Å². The molecule has 2 amide bonds. The monoisotopic (exact) mass is 425 g/mol. The second-order valence-electron chi connectivity index (χ2n) is 6.36. The van der Waals surface area contributed by atoms with Gasteiger partial charge in [-0.25, -0.2) is 4.98 Å².